The molecule has 0 saturated carbocycles. The van der Waals surface area contributed by atoms with Gasteiger partial charge in [-0.05, 0) is 37.7 Å². The summed E-state index contributed by atoms with van der Waals surface area (Å²) in [6, 6.07) is 5.02. The number of carbonyl (C=O) groups excluding carboxylic acids is 3. The van der Waals surface area contributed by atoms with Gasteiger partial charge in [-0.1, -0.05) is 39.0 Å². The first-order valence-electron chi connectivity index (χ1n) is 9.35. The molecule has 0 spiro atoms. The minimum Gasteiger partial charge on any atom is -0.366 e. The van der Waals surface area contributed by atoms with E-state index in [9.17, 15) is 14.4 Å². The van der Waals surface area contributed by atoms with E-state index in [4.69, 9.17) is 11.6 Å². The van der Waals surface area contributed by atoms with Gasteiger partial charge in [0.15, 0.2) is 0 Å². The first-order chi connectivity index (χ1) is 14.4. The number of nitrogens with zero attached hydrogens (tertiary/aromatic N) is 3. The van der Waals surface area contributed by atoms with Gasteiger partial charge < -0.3 is 15.5 Å². The van der Waals surface area contributed by atoms with Crippen LogP contribution in [-0.4, -0.2) is 56.2 Å². The number of benzene rings is 1. The van der Waals surface area contributed by atoms with Gasteiger partial charge in [0.2, 0.25) is 11.8 Å². The van der Waals surface area contributed by atoms with Crippen molar-refractivity contribution in [3.05, 3.63) is 47.1 Å². The Balaban J connectivity index is 3.07. The van der Waals surface area contributed by atoms with Crippen LogP contribution in [-0.2, 0) is 14.4 Å². The van der Waals surface area contributed by atoms with Gasteiger partial charge in [-0.3, -0.25) is 19.4 Å². The van der Waals surface area contributed by atoms with E-state index >= 15 is 0 Å². The highest BCUT2D eigenvalue weighted by molar-refractivity contribution is 6.31. The second-order valence-corrected chi connectivity index (χ2v) is 8.19. The molecular formula is C22H28ClN5O3. The van der Waals surface area contributed by atoms with Crippen molar-refractivity contribution in [1.82, 2.24) is 10.2 Å². The molecule has 0 radical (unpaired) electrons. The third-order valence-corrected chi connectivity index (χ3v) is 4.38. The molecule has 0 aliphatic heterocycles. The molecule has 31 heavy (non-hydrogen) atoms. The summed E-state index contributed by atoms with van der Waals surface area (Å²) in [5.74, 6) is -1.09. The first-order valence-corrected chi connectivity index (χ1v) is 9.73. The molecule has 2 N–H and O–H groups in total. The van der Waals surface area contributed by atoms with Crippen LogP contribution in [0.1, 0.15) is 26.3 Å². The highest BCUT2D eigenvalue weighted by Gasteiger charge is 2.23. The van der Waals surface area contributed by atoms with Gasteiger partial charge in [0.25, 0.3) is 5.91 Å². The molecule has 0 bridgehead atoms. The molecule has 1 aromatic rings. The number of aliphatic imine (C=N–C) groups is 2. The maximum Gasteiger partial charge on any atom is 0.264 e. The number of allylic oxidation sites excluding steroid dienone is 1. The van der Waals surface area contributed by atoms with E-state index in [1.54, 1.807) is 57.0 Å². The topological polar surface area (TPSA) is 103 Å². The number of likely N-dealkylation sites (N-methyl/N-ethyl adjacent to an activating group) is 1. The second-order valence-electron chi connectivity index (χ2n) is 7.76. The molecule has 0 aromatic heterocycles. The third-order valence-electron chi connectivity index (χ3n) is 4.14. The molecular weight excluding hydrogens is 418 g/mol. The van der Waals surface area contributed by atoms with Crippen molar-refractivity contribution < 1.29 is 14.4 Å². The van der Waals surface area contributed by atoms with Crippen LogP contribution in [0.15, 0.2) is 46.5 Å². The average molecular weight is 446 g/mol. The normalized spacial score (nSPS) is 11.3. The van der Waals surface area contributed by atoms with E-state index in [-0.39, 0.29) is 24.9 Å². The monoisotopic (exact) mass is 445 g/mol. The lowest BCUT2D eigenvalue weighted by atomic mass is 9.95. The lowest BCUT2D eigenvalue weighted by molar-refractivity contribution is -0.125. The number of hydrogen-bond donors (Lipinski definition) is 2. The first kappa shape index (κ1) is 25.8. The van der Waals surface area contributed by atoms with Gasteiger partial charge in [-0.15, -0.1) is 0 Å². The van der Waals surface area contributed by atoms with Crippen LogP contribution in [0.5, 0.6) is 0 Å². The van der Waals surface area contributed by atoms with Crippen LogP contribution in [0.4, 0.5) is 5.69 Å². The van der Waals surface area contributed by atoms with Crippen LogP contribution < -0.4 is 10.6 Å². The van der Waals surface area contributed by atoms with Gasteiger partial charge in [-0.2, -0.15) is 0 Å². The van der Waals surface area contributed by atoms with Crippen LogP contribution in [0.3, 0.4) is 0 Å². The van der Waals surface area contributed by atoms with E-state index in [0.717, 1.165) is 0 Å². The fraction of sp³-hybridized carbons (Fsp3) is 0.318. The maximum absolute atomic E-state index is 12.5. The van der Waals surface area contributed by atoms with Crippen LogP contribution in [0.25, 0.3) is 5.70 Å². The standard InChI is InChI=1S/C22H28ClN5O3/c1-14(28(7)13-20(30)26-12-19(29)25-6)10-17(24-5)16-9-8-15(23)11-18(16)27-21(31)22(2,3)4/h8-11H,1,5-6,12-13H2,2-4,7H3,(H,26,30)(H,27,31)/b17-10-. The van der Waals surface area contributed by atoms with E-state index in [0.29, 0.717) is 27.7 Å². The smallest absolute Gasteiger partial charge is 0.264 e. The number of rotatable bonds is 9. The Morgan fingerprint density at radius 1 is 1.19 bits per heavy atom. The van der Waals surface area contributed by atoms with E-state index in [1.807, 2.05) is 0 Å². The predicted octanol–water partition coefficient (Wildman–Crippen LogP) is 3.16. The highest BCUT2D eigenvalue weighted by atomic mass is 35.5. The second kappa shape index (κ2) is 11.2. The molecule has 1 rings (SSSR count). The van der Waals surface area contributed by atoms with Crippen molar-refractivity contribution in [3.63, 3.8) is 0 Å². The fourth-order valence-corrected chi connectivity index (χ4v) is 2.40. The third kappa shape index (κ3) is 8.18. The van der Waals surface area contributed by atoms with Crippen molar-refractivity contribution in [1.29, 1.82) is 0 Å². The molecule has 0 aliphatic carbocycles. The van der Waals surface area contributed by atoms with Crippen molar-refractivity contribution in [3.8, 4) is 0 Å². The summed E-state index contributed by atoms with van der Waals surface area (Å²) in [6.45, 7) is 15.8. The van der Waals surface area contributed by atoms with Gasteiger partial charge in [0, 0.05) is 28.7 Å². The van der Waals surface area contributed by atoms with Crippen molar-refractivity contribution >= 4 is 54.1 Å². The molecule has 0 saturated heterocycles. The Hall–Kier alpha value is -3.26. The zero-order valence-corrected chi connectivity index (χ0v) is 19.0. The molecule has 0 unspecified atom stereocenters. The largest absolute Gasteiger partial charge is 0.366 e. The number of hydrogen-bond acceptors (Lipinski definition) is 5. The van der Waals surface area contributed by atoms with Crippen molar-refractivity contribution in [2.45, 2.75) is 20.8 Å². The molecule has 9 heteroatoms. The zero-order chi connectivity index (χ0) is 23.8. The van der Waals surface area contributed by atoms with E-state index in [2.05, 4.69) is 40.6 Å². The minimum absolute atomic E-state index is 0.0432. The number of halogens is 1. The SMILES string of the molecule is C=NC(=O)CNC(=O)CN(C)C(=C)/C=C(\N=C)c1ccc(Cl)cc1NC(=O)C(C)(C)C. The molecule has 0 fully saturated rings. The Bertz CT molecular complexity index is 932. The summed E-state index contributed by atoms with van der Waals surface area (Å²) in [4.78, 5) is 44.4. The predicted molar refractivity (Wildman–Crippen MR) is 126 cm³/mol. The average Bonchev–Trinajstić information content (AvgIpc) is 2.69. The van der Waals surface area contributed by atoms with Gasteiger partial charge in [0.05, 0.1) is 24.5 Å². The summed E-state index contributed by atoms with van der Waals surface area (Å²) in [5.41, 5.74) is 1.37. The maximum atomic E-state index is 12.5. The quantitative estimate of drug-likeness (QED) is 0.450. The van der Waals surface area contributed by atoms with Gasteiger partial charge in [-0.25, -0.2) is 4.99 Å². The Labute approximate surface area is 187 Å². The summed E-state index contributed by atoms with van der Waals surface area (Å²) in [6.07, 6.45) is 1.63. The summed E-state index contributed by atoms with van der Waals surface area (Å²) >= 11 is 6.12. The fourth-order valence-electron chi connectivity index (χ4n) is 2.23. The van der Waals surface area contributed by atoms with Crippen LogP contribution in [0, 0.1) is 5.41 Å². The number of carbonyl (C=O) groups is 3. The summed E-state index contributed by atoms with van der Waals surface area (Å²) < 4.78 is 0. The van der Waals surface area contributed by atoms with Crippen LogP contribution >= 0.6 is 11.6 Å². The lowest BCUT2D eigenvalue weighted by Gasteiger charge is -2.21. The Kier molecular flexibility index (Phi) is 9.33. The van der Waals surface area contributed by atoms with Crippen LogP contribution in [0.2, 0.25) is 5.02 Å². The highest BCUT2D eigenvalue weighted by Crippen LogP contribution is 2.30. The van der Waals surface area contributed by atoms with E-state index in [1.165, 1.54) is 0 Å². The molecule has 8 nitrogen and oxygen atoms in total. The Morgan fingerprint density at radius 3 is 2.39 bits per heavy atom. The minimum atomic E-state index is -0.606. The summed E-state index contributed by atoms with van der Waals surface area (Å²) in [7, 11) is 1.66. The lowest BCUT2D eigenvalue weighted by Crippen LogP contribution is -2.36. The molecule has 1 aromatic carbocycles. The Morgan fingerprint density at radius 2 is 1.84 bits per heavy atom. The summed E-state index contributed by atoms with van der Waals surface area (Å²) in [5, 5.41) is 5.77. The molecule has 3 amide bonds. The number of nitrogens with one attached hydrogen (secondary N) is 2. The van der Waals surface area contributed by atoms with E-state index < -0.39 is 11.3 Å². The zero-order valence-electron chi connectivity index (χ0n) is 18.3. The number of anilines is 1. The van der Waals surface area contributed by atoms with Crippen molar-refractivity contribution in [2.24, 2.45) is 15.4 Å². The molecule has 0 aliphatic rings. The van der Waals surface area contributed by atoms with Gasteiger partial charge in [0.1, 0.15) is 0 Å². The molecule has 166 valence electrons. The number of amides is 3. The molecule has 0 heterocycles. The van der Waals surface area contributed by atoms with Gasteiger partial charge >= 0.3 is 0 Å². The molecule has 0 atom stereocenters. The van der Waals surface area contributed by atoms with Crippen molar-refractivity contribution in [2.75, 3.05) is 25.5 Å².